The maximum absolute atomic E-state index is 12.3. The Morgan fingerprint density at radius 2 is 1.70 bits per heavy atom. The van der Waals surface area contributed by atoms with Crippen LogP contribution in [0.25, 0.3) is 11.1 Å². The minimum Gasteiger partial charge on any atom is -0.345 e. The van der Waals surface area contributed by atoms with E-state index in [-0.39, 0.29) is 11.9 Å². The quantitative estimate of drug-likeness (QED) is 0.762. The van der Waals surface area contributed by atoms with Gasteiger partial charge in [0, 0.05) is 5.38 Å². The summed E-state index contributed by atoms with van der Waals surface area (Å²) in [7, 11) is 0. The number of hydrogen-bond acceptors (Lipinski definition) is 3. The summed E-state index contributed by atoms with van der Waals surface area (Å²) >= 11 is 1.31. The van der Waals surface area contributed by atoms with E-state index in [1.165, 1.54) is 22.7 Å². The molecule has 4 heteroatoms. The number of nitrogens with zero attached hydrogens (tertiary/aromatic N) is 1. The Labute approximate surface area is 140 Å². The van der Waals surface area contributed by atoms with Gasteiger partial charge in [-0.25, -0.2) is 0 Å². The maximum atomic E-state index is 12.3. The van der Waals surface area contributed by atoms with Crippen molar-refractivity contribution >= 4 is 17.4 Å². The summed E-state index contributed by atoms with van der Waals surface area (Å²) in [6.07, 6.45) is 0. The van der Waals surface area contributed by atoms with Crippen LogP contribution in [0.1, 0.15) is 34.6 Å². The number of carbonyl (C=O) groups is 1. The van der Waals surface area contributed by atoms with E-state index in [0.717, 1.165) is 11.3 Å². The molecule has 0 aliphatic rings. The van der Waals surface area contributed by atoms with Crippen LogP contribution in [0.4, 0.5) is 0 Å². The Morgan fingerprint density at radius 1 is 1.04 bits per heavy atom. The number of rotatable bonds is 4. The van der Waals surface area contributed by atoms with Gasteiger partial charge in [0.05, 0.1) is 17.3 Å². The average Bonchev–Trinajstić information content (AvgIpc) is 3.02. The van der Waals surface area contributed by atoms with Crippen LogP contribution in [0.3, 0.4) is 0 Å². The molecular weight excluding hydrogens is 304 g/mol. The molecule has 0 aliphatic carbocycles. The molecule has 0 aliphatic heterocycles. The Bertz CT molecular complexity index is 794. The first kappa shape index (κ1) is 15.4. The third-order valence-electron chi connectivity index (χ3n) is 3.86. The van der Waals surface area contributed by atoms with E-state index in [9.17, 15) is 4.79 Å². The Morgan fingerprint density at radius 3 is 2.30 bits per heavy atom. The molecule has 3 nitrogen and oxygen atoms in total. The molecule has 1 atom stereocenters. The van der Waals surface area contributed by atoms with Crippen molar-refractivity contribution in [3.05, 3.63) is 76.8 Å². The van der Waals surface area contributed by atoms with Crippen LogP contribution in [-0.2, 0) is 0 Å². The topological polar surface area (TPSA) is 42.0 Å². The SMILES string of the molecule is Cc1nscc1C(=O)NC(C)c1ccc(-c2ccccc2)cc1. The summed E-state index contributed by atoms with van der Waals surface area (Å²) in [5.41, 5.74) is 4.88. The first-order valence-electron chi connectivity index (χ1n) is 7.52. The lowest BCUT2D eigenvalue weighted by Gasteiger charge is -2.14. The summed E-state index contributed by atoms with van der Waals surface area (Å²) in [5, 5.41) is 4.81. The molecule has 1 N–H and O–H groups in total. The zero-order chi connectivity index (χ0) is 16.2. The van der Waals surface area contributed by atoms with Crippen molar-refractivity contribution in [1.29, 1.82) is 0 Å². The van der Waals surface area contributed by atoms with Gasteiger partial charge in [0.1, 0.15) is 0 Å². The molecular formula is C19H18N2OS. The van der Waals surface area contributed by atoms with E-state index in [1.54, 1.807) is 5.38 Å². The molecule has 3 rings (SSSR count). The Kier molecular flexibility index (Phi) is 4.53. The van der Waals surface area contributed by atoms with Crippen molar-refractivity contribution in [2.45, 2.75) is 19.9 Å². The predicted molar refractivity (Wildman–Crippen MR) is 94.6 cm³/mol. The molecule has 3 aromatic rings. The zero-order valence-corrected chi connectivity index (χ0v) is 13.9. The van der Waals surface area contributed by atoms with Crippen molar-refractivity contribution in [2.24, 2.45) is 0 Å². The number of nitrogens with one attached hydrogen (secondary N) is 1. The number of benzene rings is 2. The van der Waals surface area contributed by atoms with Crippen LogP contribution in [0.15, 0.2) is 60.0 Å². The van der Waals surface area contributed by atoms with Crippen LogP contribution in [0.5, 0.6) is 0 Å². The summed E-state index contributed by atoms with van der Waals surface area (Å²) in [4.78, 5) is 12.3. The minimum atomic E-state index is -0.0733. The van der Waals surface area contributed by atoms with Gasteiger partial charge in [-0.2, -0.15) is 4.37 Å². The standard InChI is InChI=1S/C19H18N2OS/c1-13(20-19(22)18-12-23-21-14(18)2)15-8-10-17(11-9-15)16-6-4-3-5-7-16/h3-13H,1-2H3,(H,20,22). The van der Waals surface area contributed by atoms with Gasteiger partial charge < -0.3 is 5.32 Å². The van der Waals surface area contributed by atoms with E-state index in [1.807, 2.05) is 32.0 Å². The number of hydrogen-bond donors (Lipinski definition) is 1. The summed E-state index contributed by atoms with van der Waals surface area (Å²) in [5.74, 6) is -0.0733. The highest BCUT2D eigenvalue weighted by Crippen LogP contribution is 2.22. The van der Waals surface area contributed by atoms with Crippen LogP contribution in [0.2, 0.25) is 0 Å². The van der Waals surface area contributed by atoms with Gasteiger partial charge in [-0.3, -0.25) is 4.79 Å². The molecule has 0 fully saturated rings. The molecule has 0 radical (unpaired) electrons. The average molecular weight is 322 g/mol. The fourth-order valence-electron chi connectivity index (χ4n) is 2.46. The van der Waals surface area contributed by atoms with Gasteiger partial charge in [-0.1, -0.05) is 54.6 Å². The lowest BCUT2D eigenvalue weighted by atomic mass is 10.0. The van der Waals surface area contributed by atoms with E-state index in [0.29, 0.717) is 5.56 Å². The smallest absolute Gasteiger partial charge is 0.254 e. The van der Waals surface area contributed by atoms with Crippen LogP contribution in [-0.4, -0.2) is 10.3 Å². The summed E-state index contributed by atoms with van der Waals surface area (Å²) < 4.78 is 4.14. The zero-order valence-electron chi connectivity index (χ0n) is 13.1. The number of carbonyl (C=O) groups excluding carboxylic acids is 1. The molecule has 0 saturated heterocycles. The molecule has 1 aromatic heterocycles. The minimum absolute atomic E-state index is 0.0494. The Balaban J connectivity index is 1.72. The first-order valence-corrected chi connectivity index (χ1v) is 8.36. The van der Waals surface area contributed by atoms with E-state index >= 15 is 0 Å². The van der Waals surface area contributed by atoms with E-state index < -0.39 is 0 Å². The molecule has 0 spiro atoms. The third kappa shape index (κ3) is 3.48. The number of aryl methyl sites for hydroxylation is 1. The van der Waals surface area contributed by atoms with Crippen LogP contribution in [0, 0.1) is 6.92 Å². The van der Waals surface area contributed by atoms with Gasteiger partial charge in [0.25, 0.3) is 5.91 Å². The van der Waals surface area contributed by atoms with E-state index in [4.69, 9.17) is 0 Å². The third-order valence-corrected chi connectivity index (χ3v) is 4.58. The lowest BCUT2D eigenvalue weighted by Crippen LogP contribution is -2.26. The van der Waals surface area contributed by atoms with Gasteiger partial charge in [-0.05, 0) is 42.1 Å². The highest BCUT2D eigenvalue weighted by Gasteiger charge is 2.14. The van der Waals surface area contributed by atoms with Crippen molar-refractivity contribution in [3.63, 3.8) is 0 Å². The van der Waals surface area contributed by atoms with Crippen LogP contribution < -0.4 is 5.32 Å². The Hall–Kier alpha value is -2.46. The lowest BCUT2D eigenvalue weighted by molar-refractivity contribution is 0.0939. The van der Waals surface area contributed by atoms with E-state index in [2.05, 4.69) is 46.1 Å². The van der Waals surface area contributed by atoms with Crippen molar-refractivity contribution in [2.75, 3.05) is 0 Å². The number of aromatic nitrogens is 1. The fourth-order valence-corrected chi connectivity index (χ4v) is 3.16. The van der Waals surface area contributed by atoms with Crippen molar-refractivity contribution < 1.29 is 4.79 Å². The number of amides is 1. The van der Waals surface area contributed by atoms with Crippen LogP contribution >= 0.6 is 11.5 Å². The molecule has 0 saturated carbocycles. The normalized spacial score (nSPS) is 11.9. The molecule has 1 amide bonds. The van der Waals surface area contributed by atoms with Gasteiger partial charge >= 0.3 is 0 Å². The second-order valence-electron chi connectivity index (χ2n) is 5.50. The fraction of sp³-hybridized carbons (Fsp3) is 0.158. The van der Waals surface area contributed by atoms with Gasteiger partial charge in [0.15, 0.2) is 0 Å². The van der Waals surface area contributed by atoms with Crippen molar-refractivity contribution in [1.82, 2.24) is 9.69 Å². The second kappa shape index (κ2) is 6.75. The molecule has 1 unspecified atom stereocenters. The summed E-state index contributed by atoms with van der Waals surface area (Å²) in [6, 6.07) is 18.5. The molecule has 1 heterocycles. The molecule has 23 heavy (non-hydrogen) atoms. The van der Waals surface area contributed by atoms with Crippen molar-refractivity contribution in [3.8, 4) is 11.1 Å². The molecule has 2 aromatic carbocycles. The second-order valence-corrected chi connectivity index (χ2v) is 6.13. The summed E-state index contributed by atoms with van der Waals surface area (Å²) in [6.45, 7) is 3.84. The van der Waals surface area contributed by atoms with Gasteiger partial charge in [-0.15, -0.1) is 0 Å². The predicted octanol–water partition coefficient (Wildman–Crippen LogP) is 4.61. The largest absolute Gasteiger partial charge is 0.345 e. The molecule has 116 valence electrons. The first-order chi connectivity index (χ1) is 11.1. The molecule has 0 bridgehead atoms. The maximum Gasteiger partial charge on any atom is 0.254 e. The monoisotopic (exact) mass is 322 g/mol. The highest BCUT2D eigenvalue weighted by molar-refractivity contribution is 7.03. The van der Waals surface area contributed by atoms with Gasteiger partial charge in [0.2, 0.25) is 0 Å². The highest BCUT2D eigenvalue weighted by atomic mass is 32.1.